The highest BCUT2D eigenvalue weighted by atomic mass is 79.9. The molecule has 0 spiro atoms. The zero-order chi connectivity index (χ0) is 14.9. The molecule has 0 radical (unpaired) electrons. The predicted molar refractivity (Wildman–Crippen MR) is 91.7 cm³/mol. The molecule has 0 saturated carbocycles. The Bertz CT molecular complexity index is 549. The van der Waals surface area contributed by atoms with Crippen LogP contribution in [-0.2, 0) is 13.1 Å². The minimum Gasteiger partial charge on any atom is -0.357 e. The van der Waals surface area contributed by atoms with E-state index in [0.29, 0.717) is 6.54 Å². The predicted octanol–water partition coefficient (Wildman–Crippen LogP) is 2.85. The van der Waals surface area contributed by atoms with Gasteiger partial charge in [-0.25, -0.2) is 4.99 Å². The smallest absolute Gasteiger partial charge is 0.191 e. The summed E-state index contributed by atoms with van der Waals surface area (Å²) in [6.45, 7) is 5.42. The summed E-state index contributed by atoms with van der Waals surface area (Å²) >= 11 is 5.18. The number of thiophene rings is 1. The van der Waals surface area contributed by atoms with Crippen molar-refractivity contribution in [1.29, 1.82) is 0 Å². The number of nitrogens with one attached hydrogen (secondary N) is 2. The molecular weight excluding hydrogens is 350 g/mol. The molecule has 0 unspecified atom stereocenters. The molecular formula is C14H20BrN5S. The van der Waals surface area contributed by atoms with Crippen molar-refractivity contribution < 1.29 is 0 Å². The highest BCUT2D eigenvalue weighted by Crippen LogP contribution is 2.20. The van der Waals surface area contributed by atoms with Crippen molar-refractivity contribution in [2.24, 2.45) is 4.99 Å². The summed E-state index contributed by atoms with van der Waals surface area (Å²) in [7, 11) is 0. The van der Waals surface area contributed by atoms with Crippen LogP contribution in [0.4, 0.5) is 0 Å². The van der Waals surface area contributed by atoms with Gasteiger partial charge in [0.05, 0.1) is 6.54 Å². The quantitative estimate of drug-likeness (QED) is 0.448. The van der Waals surface area contributed by atoms with Crippen molar-refractivity contribution in [3.8, 4) is 0 Å². The number of aliphatic imine (C=N–C) groups is 1. The van der Waals surface area contributed by atoms with Gasteiger partial charge in [0, 0.05) is 46.8 Å². The highest BCUT2D eigenvalue weighted by Gasteiger charge is 2.00. The number of hydrogen-bond donors (Lipinski definition) is 2. The first-order valence-electron chi connectivity index (χ1n) is 7.00. The third kappa shape index (κ3) is 5.89. The van der Waals surface area contributed by atoms with Crippen LogP contribution in [0, 0.1) is 0 Å². The Hall–Kier alpha value is -1.34. The molecule has 2 aromatic heterocycles. The fourth-order valence-corrected chi connectivity index (χ4v) is 3.19. The van der Waals surface area contributed by atoms with Crippen molar-refractivity contribution in [1.82, 2.24) is 20.4 Å². The van der Waals surface area contributed by atoms with E-state index in [1.165, 1.54) is 4.88 Å². The van der Waals surface area contributed by atoms with Crippen molar-refractivity contribution in [2.45, 2.75) is 26.4 Å². The van der Waals surface area contributed by atoms with Gasteiger partial charge in [-0.3, -0.25) is 4.68 Å². The normalized spacial score (nSPS) is 11.6. The number of rotatable bonds is 7. The lowest BCUT2D eigenvalue weighted by Crippen LogP contribution is -2.38. The zero-order valence-corrected chi connectivity index (χ0v) is 14.5. The Balaban J connectivity index is 1.75. The third-order valence-electron chi connectivity index (χ3n) is 2.77. The van der Waals surface area contributed by atoms with Gasteiger partial charge in [-0.2, -0.15) is 5.10 Å². The minimum absolute atomic E-state index is 0.699. The molecule has 114 valence electrons. The minimum atomic E-state index is 0.699. The monoisotopic (exact) mass is 369 g/mol. The Morgan fingerprint density at radius 3 is 3.05 bits per heavy atom. The van der Waals surface area contributed by atoms with E-state index in [0.717, 1.165) is 36.5 Å². The fourth-order valence-electron chi connectivity index (χ4n) is 1.82. The van der Waals surface area contributed by atoms with Crippen LogP contribution in [-0.4, -0.2) is 28.8 Å². The summed E-state index contributed by atoms with van der Waals surface area (Å²) < 4.78 is 3.06. The first-order chi connectivity index (χ1) is 10.3. The lowest BCUT2D eigenvalue weighted by Gasteiger charge is -2.11. The largest absolute Gasteiger partial charge is 0.357 e. The van der Waals surface area contributed by atoms with Crippen LogP contribution in [0.15, 0.2) is 39.4 Å². The van der Waals surface area contributed by atoms with Crippen molar-refractivity contribution in [3.05, 3.63) is 39.3 Å². The second kappa shape index (κ2) is 8.84. The van der Waals surface area contributed by atoms with Gasteiger partial charge < -0.3 is 10.6 Å². The van der Waals surface area contributed by atoms with Gasteiger partial charge in [0.15, 0.2) is 5.96 Å². The van der Waals surface area contributed by atoms with Crippen LogP contribution in [0.25, 0.3) is 0 Å². The second-order valence-corrected chi connectivity index (χ2v) is 6.39. The van der Waals surface area contributed by atoms with Crippen LogP contribution in [0.3, 0.4) is 0 Å². The van der Waals surface area contributed by atoms with E-state index in [1.54, 1.807) is 17.5 Å². The Morgan fingerprint density at radius 2 is 2.38 bits per heavy atom. The molecule has 0 aliphatic carbocycles. The summed E-state index contributed by atoms with van der Waals surface area (Å²) in [6.07, 6.45) is 4.79. The van der Waals surface area contributed by atoms with Gasteiger partial charge in [0.2, 0.25) is 0 Å². The van der Waals surface area contributed by atoms with Crippen LogP contribution in [0.5, 0.6) is 0 Å². The molecule has 0 saturated heterocycles. The summed E-state index contributed by atoms with van der Waals surface area (Å²) in [5.41, 5.74) is 0. The Kier molecular flexibility index (Phi) is 6.75. The molecule has 0 bridgehead atoms. The van der Waals surface area contributed by atoms with Gasteiger partial charge in [0.25, 0.3) is 0 Å². The molecule has 0 atom stereocenters. The Morgan fingerprint density at radius 1 is 1.48 bits per heavy atom. The average Bonchev–Trinajstić information content (AvgIpc) is 3.12. The molecule has 2 aromatic rings. The summed E-state index contributed by atoms with van der Waals surface area (Å²) in [5.74, 6) is 0.863. The van der Waals surface area contributed by atoms with Crippen LogP contribution >= 0.6 is 27.3 Å². The number of halogens is 1. The summed E-state index contributed by atoms with van der Waals surface area (Å²) in [5, 5.41) is 12.9. The lowest BCUT2D eigenvalue weighted by atomic mass is 10.4. The molecule has 5 nitrogen and oxygen atoms in total. The van der Waals surface area contributed by atoms with E-state index in [1.807, 2.05) is 16.9 Å². The first-order valence-corrected chi connectivity index (χ1v) is 8.67. The zero-order valence-electron chi connectivity index (χ0n) is 12.1. The van der Waals surface area contributed by atoms with Crippen molar-refractivity contribution in [2.75, 3.05) is 13.1 Å². The van der Waals surface area contributed by atoms with Gasteiger partial charge in [-0.05, 0) is 41.4 Å². The lowest BCUT2D eigenvalue weighted by molar-refractivity contribution is 0.570. The standard InChI is InChI=1S/C14H20BrN5S/c1-2-16-14(18-10-13-9-12(15)11-21-13)17-5-3-7-20-8-4-6-19-20/h4,6,8-9,11H,2-3,5,7,10H2,1H3,(H2,16,17,18). The van der Waals surface area contributed by atoms with E-state index in [9.17, 15) is 0 Å². The molecule has 0 aromatic carbocycles. The number of hydrogen-bond acceptors (Lipinski definition) is 3. The van der Waals surface area contributed by atoms with Crippen molar-refractivity contribution >= 4 is 33.2 Å². The van der Waals surface area contributed by atoms with Gasteiger partial charge >= 0.3 is 0 Å². The number of nitrogens with zero attached hydrogens (tertiary/aromatic N) is 3. The van der Waals surface area contributed by atoms with Crippen LogP contribution in [0.1, 0.15) is 18.2 Å². The van der Waals surface area contributed by atoms with Gasteiger partial charge in [-0.1, -0.05) is 0 Å². The van der Waals surface area contributed by atoms with E-state index in [-0.39, 0.29) is 0 Å². The van der Waals surface area contributed by atoms with Crippen LogP contribution < -0.4 is 10.6 Å². The van der Waals surface area contributed by atoms with Gasteiger partial charge in [-0.15, -0.1) is 11.3 Å². The van der Waals surface area contributed by atoms with Crippen LogP contribution in [0.2, 0.25) is 0 Å². The van der Waals surface area contributed by atoms with Crippen molar-refractivity contribution in [3.63, 3.8) is 0 Å². The van der Waals surface area contributed by atoms with E-state index in [4.69, 9.17) is 0 Å². The molecule has 0 aliphatic heterocycles. The molecule has 0 fully saturated rings. The maximum atomic E-state index is 4.59. The maximum absolute atomic E-state index is 4.59. The third-order valence-corrected chi connectivity index (χ3v) is 4.46. The van der Waals surface area contributed by atoms with Gasteiger partial charge in [0.1, 0.15) is 0 Å². The summed E-state index contributed by atoms with van der Waals surface area (Å²) in [4.78, 5) is 5.84. The molecule has 0 aliphatic rings. The SMILES string of the molecule is CCNC(=NCc1cc(Br)cs1)NCCCn1cccn1. The fraction of sp³-hybridized carbons (Fsp3) is 0.429. The maximum Gasteiger partial charge on any atom is 0.191 e. The topological polar surface area (TPSA) is 54.2 Å². The molecule has 2 N–H and O–H groups in total. The van der Waals surface area contributed by atoms with E-state index >= 15 is 0 Å². The second-order valence-electron chi connectivity index (χ2n) is 4.48. The van der Waals surface area contributed by atoms with E-state index < -0.39 is 0 Å². The first kappa shape index (κ1) is 16.0. The molecule has 2 heterocycles. The molecule has 2 rings (SSSR count). The molecule has 7 heteroatoms. The van der Waals surface area contributed by atoms with E-state index in [2.05, 4.69) is 55.0 Å². The Labute approximate surface area is 137 Å². The summed E-state index contributed by atoms with van der Waals surface area (Å²) in [6, 6.07) is 4.05. The number of guanidine groups is 1. The molecule has 0 amide bonds. The highest BCUT2D eigenvalue weighted by molar-refractivity contribution is 9.10. The average molecular weight is 370 g/mol. The molecule has 21 heavy (non-hydrogen) atoms. The number of aryl methyl sites for hydroxylation is 1. The number of aromatic nitrogens is 2.